The third-order valence-corrected chi connectivity index (χ3v) is 1.70. The lowest BCUT2D eigenvalue weighted by Gasteiger charge is -2.03. The minimum atomic E-state index is 0.483. The first-order valence-corrected chi connectivity index (χ1v) is 4.06. The lowest BCUT2D eigenvalue weighted by molar-refractivity contribution is 0.282. The van der Waals surface area contributed by atoms with Crippen molar-refractivity contribution in [3.63, 3.8) is 0 Å². The van der Waals surface area contributed by atoms with Crippen LogP contribution in [0.3, 0.4) is 0 Å². The van der Waals surface area contributed by atoms with Gasteiger partial charge in [-0.05, 0) is 19.3 Å². The van der Waals surface area contributed by atoms with Crippen LogP contribution in [0.5, 0.6) is 0 Å². The smallest absolute Gasteiger partial charge is 0.183 e. The third kappa shape index (κ3) is 2.38. The van der Waals surface area contributed by atoms with Crippen LogP contribution in [0, 0.1) is 11.3 Å². The zero-order valence-corrected chi connectivity index (χ0v) is 6.52. The number of hydrogen-bond acceptors (Lipinski definition) is 2. The molecule has 0 aromatic carbocycles. The van der Waals surface area contributed by atoms with Crippen molar-refractivity contribution in [1.29, 1.82) is 5.41 Å². The molecule has 10 heavy (non-hydrogen) atoms. The molecule has 1 saturated carbocycles. The molecule has 1 aliphatic rings. The second-order valence-corrected chi connectivity index (χ2v) is 2.84. The van der Waals surface area contributed by atoms with Gasteiger partial charge < -0.3 is 4.74 Å². The summed E-state index contributed by atoms with van der Waals surface area (Å²) < 4.78 is 5.19. The Morgan fingerprint density at radius 1 is 1.60 bits per heavy atom. The molecule has 1 fully saturated rings. The minimum absolute atomic E-state index is 0.483. The van der Waals surface area contributed by atoms with Gasteiger partial charge >= 0.3 is 0 Å². The molecule has 0 bridgehead atoms. The summed E-state index contributed by atoms with van der Waals surface area (Å²) in [5.41, 5.74) is 0. The van der Waals surface area contributed by atoms with E-state index in [9.17, 15) is 0 Å². The van der Waals surface area contributed by atoms with Gasteiger partial charge in [0.25, 0.3) is 0 Å². The first-order chi connectivity index (χ1) is 4.84. The zero-order chi connectivity index (χ0) is 7.40. The standard InChI is InChI=1S/C8H15NO/c1-2-3-6-10-8(9)7-4-5-7/h7,9H,2-6H2,1H3. The average Bonchev–Trinajstić information content (AvgIpc) is 2.69. The van der Waals surface area contributed by atoms with E-state index in [0.717, 1.165) is 19.4 Å². The predicted molar refractivity (Wildman–Crippen MR) is 41.3 cm³/mol. The van der Waals surface area contributed by atoms with Gasteiger partial charge in [0, 0.05) is 5.92 Å². The number of ether oxygens (including phenoxy) is 1. The fourth-order valence-corrected chi connectivity index (χ4v) is 0.790. The maximum Gasteiger partial charge on any atom is 0.183 e. The molecule has 0 aliphatic heterocycles. The molecule has 0 aromatic heterocycles. The van der Waals surface area contributed by atoms with E-state index in [1.807, 2.05) is 0 Å². The van der Waals surface area contributed by atoms with Gasteiger partial charge in [0.1, 0.15) is 0 Å². The van der Waals surface area contributed by atoms with E-state index < -0.39 is 0 Å². The van der Waals surface area contributed by atoms with Crippen LogP contribution >= 0.6 is 0 Å². The Morgan fingerprint density at radius 3 is 2.80 bits per heavy atom. The van der Waals surface area contributed by atoms with Crippen molar-refractivity contribution in [2.45, 2.75) is 32.6 Å². The quantitative estimate of drug-likeness (QED) is 0.363. The Bertz CT molecular complexity index is 118. The fourth-order valence-electron chi connectivity index (χ4n) is 0.790. The van der Waals surface area contributed by atoms with Crippen molar-refractivity contribution in [2.24, 2.45) is 5.92 Å². The Balaban J connectivity index is 1.95. The predicted octanol–water partition coefficient (Wildman–Crippen LogP) is 2.19. The van der Waals surface area contributed by atoms with Gasteiger partial charge in [-0.15, -0.1) is 0 Å². The third-order valence-electron chi connectivity index (χ3n) is 1.70. The summed E-state index contributed by atoms with van der Waals surface area (Å²) >= 11 is 0. The minimum Gasteiger partial charge on any atom is -0.481 e. The Hall–Kier alpha value is -0.530. The summed E-state index contributed by atoms with van der Waals surface area (Å²) in [6.45, 7) is 2.87. The molecular formula is C8H15NO. The van der Waals surface area contributed by atoms with E-state index in [4.69, 9.17) is 10.1 Å². The monoisotopic (exact) mass is 141 g/mol. The number of hydrogen-bond donors (Lipinski definition) is 1. The normalized spacial score (nSPS) is 16.9. The first kappa shape index (κ1) is 7.58. The molecule has 0 unspecified atom stereocenters. The summed E-state index contributed by atoms with van der Waals surface area (Å²) in [5.74, 6) is 1.00. The van der Waals surface area contributed by atoms with Crippen LogP contribution in [0.1, 0.15) is 32.6 Å². The molecule has 1 aliphatic carbocycles. The molecule has 0 amide bonds. The van der Waals surface area contributed by atoms with Gasteiger partial charge in [-0.25, -0.2) is 0 Å². The van der Waals surface area contributed by atoms with E-state index in [0.29, 0.717) is 11.8 Å². The van der Waals surface area contributed by atoms with E-state index in [-0.39, 0.29) is 0 Å². The Morgan fingerprint density at radius 2 is 2.30 bits per heavy atom. The largest absolute Gasteiger partial charge is 0.481 e. The molecule has 0 heterocycles. The van der Waals surface area contributed by atoms with E-state index >= 15 is 0 Å². The number of unbranched alkanes of at least 4 members (excludes halogenated alkanes) is 1. The maximum atomic E-state index is 7.36. The fraction of sp³-hybridized carbons (Fsp3) is 0.875. The zero-order valence-electron chi connectivity index (χ0n) is 6.52. The van der Waals surface area contributed by atoms with Crippen molar-refractivity contribution in [3.8, 4) is 0 Å². The molecule has 0 aromatic rings. The van der Waals surface area contributed by atoms with Crippen LogP contribution in [-0.4, -0.2) is 12.5 Å². The van der Waals surface area contributed by atoms with Crippen LogP contribution in [0.25, 0.3) is 0 Å². The molecule has 0 radical (unpaired) electrons. The van der Waals surface area contributed by atoms with Gasteiger partial charge in [0.2, 0.25) is 0 Å². The second-order valence-electron chi connectivity index (χ2n) is 2.84. The van der Waals surface area contributed by atoms with E-state index in [1.54, 1.807) is 0 Å². The topological polar surface area (TPSA) is 33.1 Å². The first-order valence-electron chi connectivity index (χ1n) is 4.06. The Kier molecular flexibility index (Phi) is 2.72. The highest BCUT2D eigenvalue weighted by molar-refractivity contribution is 5.77. The second kappa shape index (κ2) is 3.59. The summed E-state index contributed by atoms with van der Waals surface area (Å²) in [6, 6.07) is 0. The summed E-state index contributed by atoms with van der Waals surface area (Å²) in [4.78, 5) is 0. The van der Waals surface area contributed by atoms with Gasteiger partial charge in [0.15, 0.2) is 5.90 Å². The molecule has 2 nitrogen and oxygen atoms in total. The van der Waals surface area contributed by atoms with Crippen molar-refractivity contribution >= 4 is 5.90 Å². The van der Waals surface area contributed by atoms with Crippen molar-refractivity contribution in [3.05, 3.63) is 0 Å². The van der Waals surface area contributed by atoms with Crippen molar-refractivity contribution in [1.82, 2.24) is 0 Å². The molecular weight excluding hydrogens is 126 g/mol. The molecule has 0 saturated heterocycles. The Labute approximate surface area is 62.1 Å². The highest BCUT2D eigenvalue weighted by Gasteiger charge is 2.27. The van der Waals surface area contributed by atoms with Crippen LogP contribution in [0.15, 0.2) is 0 Å². The van der Waals surface area contributed by atoms with Crippen LogP contribution in [-0.2, 0) is 4.74 Å². The van der Waals surface area contributed by atoms with Gasteiger partial charge in [0.05, 0.1) is 6.61 Å². The lowest BCUT2D eigenvalue weighted by Crippen LogP contribution is -2.06. The SMILES string of the molecule is CCCCOC(=N)C1CC1. The van der Waals surface area contributed by atoms with Crippen molar-refractivity contribution < 1.29 is 4.74 Å². The number of nitrogens with one attached hydrogen (secondary N) is 1. The van der Waals surface area contributed by atoms with Crippen LogP contribution in [0.4, 0.5) is 0 Å². The molecule has 1 N–H and O–H groups in total. The molecule has 0 spiro atoms. The van der Waals surface area contributed by atoms with Gasteiger partial charge in [-0.3, -0.25) is 5.41 Å². The highest BCUT2D eigenvalue weighted by atomic mass is 16.5. The highest BCUT2D eigenvalue weighted by Crippen LogP contribution is 2.30. The molecule has 1 rings (SSSR count). The summed E-state index contributed by atoms with van der Waals surface area (Å²) in [5, 5.41) is 7.36. The average molecular weight is 141 g/mol. The lowest BCUT2D eigenvalue weighted by atomic mass is 10.3. The van der Waals surface area contributed by atoms with Crippen molar-refractivity contribution in [2.75, 3.05) is 6.61 Å². The van der Waals surface area contributed by atoms with Crippen LogP contribution < -0.4 is 0 Å². The summed E-state index contributed by atoms with van der Waals surface area (Å²) in [7, 11) is 0. The van der Waals surface area contributed by atoms with Gasteiger partial charge in [-0.1, -0.05) is 13.3 Å². The maximum absolute atomic E-state index is 7.36. The van der Waals surface area contributed by atoms with E-state index in [2.05, 4.69) is 6.92 Å². The number of rotatable bonds is 4. The van der Waals surface area contributed by atoms with E-state index in [1.165, 1.54) is 12.8 Å². The summed E-state index contributed by atoms with van der Waals surface area (Å²) in [6.07, 6.45) is 4.57. The molecule has 0 atom stereocenters. The van der Waals surface area contributed by atoms with Crippen LogP contribution in [0.2, 0.25) is 0 Å². The molecule has 2 heteroatoms. The molecule has 58 valence electrons. The van der Waals surface area contributed by atoms with Gasteiger partial charge in [-0.2, -0.15) is 0 Å².